The lowest BCUT2D eigenvalue weighted by Gasteiger charge is -2.19. The molecule has 2 rings (SSSR count). The smallest absolute Gasteiger partial charge is 0.184 e. The number of halogens is 3. The zero-order chi connectivity index (χ0) is 14.9. The van der Waals surface area contributed by atoms with Crippen LogP contribution in [-0.4, -0.2) is 20.5 Å². The molecule has 0 aliphatic rings. The Bertz CT molecular complexity index is 617. The summed E-state index contributed by atoms with van der Waals surface area (Å²) in [5.41, 5.74) is 0.126. The van der Waals surface area contributed by atoms with Crippen molar-refractivity contribution in [1.29, 1.82) is 0 Å². The van der Waals surface area contributed by atoms with Crippen LogP contribution in [0.1, 0.15) is 26.5 Å². The van der Waals surface area contributed by atoms with Crippen LogP contribution in [0.25, 0.3) is 5.69 Å². The van der Waals surface area contributed by atoms with Crippen molar-refractivity contribution in [3.05, 3.63) is 41.5 Å². The van der Waals surface area contributed by atoms with Gasteiger partial charge in [-0.2, -0.15) is 0 Å². The highest BCUT2D eigenvalue weighted by molar-refractivity contribution is 5.34. The SMILES string of the molecule is CC(C)(C)NCc1cn(-c2cc(F)cc(F)c2F)nn1. The molecule has 1 N–H and O–H groups in total. The van der Waals surface area contributed by atoms with Gasteiger partial charge in [0.15, 0.2) is 11.6 Å². The van der Waals surface area contributed by atoms with E-state index in [2.05, 4.69) is 15.6 Å². The second kappa shape index (κ2) is 5.24. The highest BCUT2D eigenvalue weighted by Gasteiger charge is 2.15. The van der Waals surface area contributed by atoms with Gasteiger partial charge in [0.25, 0.3) is 0 Å². The van der Waals surface area contributed by atoms with Gasteiger partial charge in [-0.05, 0) is 20.8 Å². The number of hydrogen-bond donors (Lipinski definition) is 1. The third kappa shape index (κ3) is 3.36. The number of rotatable bonds is 3. The monoisotopic (exact) mass is 284 g/mol. The third-order valence-electron chi connectivity index (χ3n) is 2.56. The van der Waals surface area contributed by atoms with Gasteiger partial charge in [-0.1, -0.05) is 5.21 Å². The van der Waals surface area contributed by atoms with Crippen molar-refractivity contribution in [2.45, 2.75) is 32.9 Å². The summed E-state index contributed by atoms with van der Waals surface area (Å²) >= 11 is 0. The van der Waals surface area contributed by atoms with Crippen LogP contribution in [0.2, 0.25) is 0 Å². The molecule has 108 valence electrons. The van der Waals surface area contributed by atoms with Gasteiger partial charge < -0.3 is 5.32 Å². The van der Waals surface area contributed by atoms with Crippen LogP contribution >= 0.6 is 0 Å². The fraction of sp³-hybridized carbons (Fsp3) is 0.385. The van der Waals surface area contributed by atoms with Crippen LogP contribution in [0.15, 0.2) is 18.3 Å². The number of nitrogens with zero attached hydrogens (tertiary/aromatic N) is 3. The Hall–Kier alpha value is -1.89. The molecule has 0 fully saturated rings. The summed E-state index contributed by atoms with van der Waals surface area (Å²) in [7, 11) is 0. The number of hydrogen-bond acceptors (Lipinski definition) is 3. The predicted octanol–water partition coefficient (Wildman–Crippen LogP) is 2.57. The molecule has 1 aromatic carbocycles. The van der Waals surface area contributed by atoms with Crippen LogP contribution in [0.5, 0.6) is 0 Å². The maximum atomic E-state index is 13.6. The number of aromatic nitrogens is 3. The van der Waals surface area contributed by atoms with Crippen molar-refractivity contribution in [3.8, 4) is 5.69 Å². The minimum Gasteiger partial charge on any atom is -0.306 e. The van der Waals surface area contributed by atoms with Crippen molar-refractivity contribution < 1.29 is 13.2 Å². The molecule has 7 heteroatoms. The molecule has 0 aliphatic heterocycles. The van der Waals surface area contributed by atoms with E-state index in [0.29, 0.717) is 18.3 Å². The molecule has 20 heavy (non-hydrogen) atoms. The first kappa shape index (κ1) is 14.5. The molecule has 0 radical (unpaired) electrons. The Balaban J connectivity index is 2.25. The quantitative estimate of drug-likeness (QED) is 0.881. The van der Waals surface area contributed by atoms with E-state index in [-0.39, 0.29) is 11.2 Å². The second-order valence-corrected chi connectivity index (χ2v) is 5.48. The van der Waals surface area contributed by atoms with E-state index >= 15 is 0 Å². The summed E-state index contributed by atoms with van der Waals surface area (Å²) in [4.78, 5) is 0. The first-order chi connectivity index (χ1) is 9.26. The van der Waals surface area contributed by atoms with Crippen molar-refractivity contribution in [1.82, 2.24) is 20.3 Å². The predicted molar refractivity (Wildman–Crippen MR) is 67.8 cm³/mol. The number of benzene rings is 1. The molecule has 0 saturated heterocycles. The minimum atomic E-state index is -1.26. The van der Waals surface area contributed by atoms with E-state index in [1.165, 1.54) is 6.20 Å². The van der Waals surface area contributed by atoms with Crippen LogP contribution < -0.4 is 5.32 Å². The Kier molecular flexibility index (Phi) is 3.80. The molecule has 1 heterocycles. The molecule has 0 spiro atoms. The summed E-state index contributed by atoms with van der Waals surface area (Å²) in [6.45, 7) is 6.38. The maximum Gasteiger partial charge on any atom is 0.184 e. The minimum absolute atomic E-state index is 0.111. The first-order valence-corrected chi connectivity index (χ1v) is 6.07. The fourth-order valence-electron chi connectivity index (χ4n) is 1.56. The van der Waals surface area contributed by atoms with Gasteiger partial charge in [0, 0.05) is 24.2 Å². The summed E-state index contributed by atoms with van der Waals surface area (Å²) in [6, 6.07) is 1.35. The average molecular weight is 284 g/mol. The highest BCUT2D eigenvalue weighted by Crippen LogP contribution is 2.17. The molecule has 0 aliphatic carbocycles. The van der Waals surface area contributed by atoms with Crippen molar-refractivity contribution >= 4 is 0 Å². The zero-order valence-electron chi connectivity index (χ0n) is 11.4. The van der Waals surface area contributed by atoms with Gasteiger partial charge >= 0.3 is 0 Å². The average Bonchev–Trinajstić information content (AvgIpc) is 2.79. The van der Waals surface area contributed by atoms with Gasteiger partial charge in [-0.15, -0.1) is 5.10 Å². The molecule has 0 unspecified atom stereocenters. The molecule has 0 saturated carbocycles. The molecule has 4 nitrogen and oxygen atoms in total. The van der Waals surface area contributed by atoms with E-state index in [1.807, 2.05) is 20.8 Å². The lowest BCUT2D eigenvalue weighted by molar-refractivity contribution is 0.421. The highest BCUT2D eigenvalue weighted by atomic mass is 19.2. The number of nitrogens with one attached hydrogen (secondary N) is 1. The summed E-state index contributed by atoms with van der Waals surface area (Å²) in [6.07, 6.45) is 1.43. The van der Waals surface area contributed by atoms with Gasteiger partial charge in [0.2, 0.25) is 0 Å². The summed E-state index contributed by atoms with van der Waals surface area (Å²) in [5, 5.41) is 10.7. The molecule has 2 aromatic rings. The Morgan fingerprint density at radius 3 is 2.55 bits per heavy atom. The lowest BCUT2D eigenvalue weighted by atomic mass is 10.1. The van der Waals surface area contributed by atoms with Gasteiger partial charge in [0.1, 0.15) is 11.5 Å². The third-order valence-corrected chi connectivity index (χ3v) is 2.56. The van der Waals surface area contributed by atoms with E-state index in [0.717, 1.165) is 10.7 Å². The van der Waals surface area contributed by atoms with E-state index in [1.54, 1.807) is 0 Å². The Morgan fingerprint density at radius 1 is 1.20 bits per heavy atom. The molecule has 0 bridgehead atoms. The molecular formula is C13H15F3N4. The van der Waals surface area contributed by atoms with E-state index in [4.69, 9.17) is 0 Å². The summed E-state index contributed by atoms with van der Waals surface area (Å²) in [5.74, 6) is -3.29. The Morgan fingerprint density at radius 2 is 1.90 bits per heavy atom. The topological polar surface area (TPSA) is 42.7 Å². The van der Waals surface area contributed by atoms with Crippen molar-refractivity contribution in [2.24, 2.45) is 0 Å². The van der Waals surface area contributed by atoms with Gasteiger partial charge in [-0.3, -0.25) is 0 Å². The van der Waals surface area contributed by atoms with Gasteiger partial charge in [-0.25, -0.2) is 17.9 Å². The lowest BCUT2D eigenvalue weighted by Crippen LogP contribution is -2.35. The molecule has 0 atom stereocenters. The van der Waals surface area contributed by atoms with Crippen LogP contribution in [0.3, 0.4) is 0 Å². The zero-order valence-corrected chi connectivity index (χ0v) is 11.4. The van der Waals surface area contributed by atoms with Crippen LogP contribution in [-0.2, 0) is 6.54 Å². The molecule has 0 amide bonds. The second-order valence-electron chi connectivity index (χ2n) is 5.48. The molecule has 1 aromatic heterocycles. The summed E-state index contributed by atoms with van der Waals surface area (Å²) < 4.78 is 40.9. The van der Waals surface area contributed by atoms with Crippen molar-refractivity contribution in [2.75, 3.05) is 0 Å². The van der Waals surface area contributed by atoms with Gasteiger partial charge in [0.05, 0.1) is 11.9 Å². The molecular weight excluding hydrogens is 269 g/mol. The van der Waals surface area contributed by atoms with Crippen LogP contribution in [0, 0.1) is 17.5 Å². The fourth-order valence-corrected chi connectivity index (χ4v) is 1.56. The van der Waals surface area contributed by atoms with Crippen molar-refractivity contribution in [3.63, 3.8) is 0 Å². The standard InChI is InChI=1S/C13H15F3N4/c1-13(2,3)17-6-9-7-20(19-18-9)11-5-8(14)4-10(15)12(11)16/h4-5,7,17H,6H2,1-3H3. The van der Waals surface area contributed by atoms with Crippen LogP contribution in [0.4, 0.5) is 13.2 Å². The first-order valence-electron chi connectivity index (χ1n) is 6.07. The largest absolute Gasteiger partial charge is 0.306 e. The Labute approximate surface area is 114 Å². The van der Waals surface area contributed by atoms with E-state index < -0.39 is 17.5 Å². The van der Waals surface area contributed by atoms with E-state index in [9.17, 15) is 13.2 Å². The normalized spacial score (nSPS) is 11.9. The maximum absolute atomic E-state index is 13.6.